The SMILES string of the molecule is O=C([O-])C(O)C(O)C(=O)O.[K+].[Na+].[OH-]. The predicted molar refractivity (Wildman–Crippen MR) is 26.6 cm³/mol. The van der Waals surface area contributed by atoms with Gasteiger partial charge in [0.2, 0.25) is 0 Å². The fraction of sp³-hybridized carbons (Fsp3) is 0.500. The van der Waals surface area contributed by atoms with E-state index in [1.54, 1.807) is 0 Å². The topological polar surface area (TPSA) is 148 Å². The van der Waals surface area contributed by atoms with Gasteiger partial charge in [-0.05, 0) is 0 Å². The molecule has 0 saturated heterocycles. The van der Waals surface area contributed by atoms with E-state index in [9.17, 15) is 14.7 Å². The van der Waals surface area contributed by atoms with Crippen LogP contribution in [0.2, 0.25) is 0 Å². The van der Waals surface area contributed by atoms with E-state index in [1.165, 1.54) is 0 Å². The molecule has 0 aliphatic rings. The second kappa shape index (κ2) is 11.5. The Kier molecular flexibility index (Phi) is 21.2. The van der Waals surface area contributed by atoms with Crippen LogP contribution in [-0.4, -0.2) is 44.9 Å². The van der Waals surface area contributed by atoms with E-state index in [2.05, 4.69) is 0 Å². The Morgan fingerprint density at radius 2 is 1.46 bits per heavy atom. The van der Waals surface area contributed by atoms with Crippen molar-refractivity contribution in [1.82, 2.24) is 0 Å². The molecule has 0 aromatic rings. The maximum absolute atomic E-state index is 9.74. The molecule has 4 N–H and O–H groups in total. The molecule has 0 radical (unpaired) electrons. The molecule has 2 unspecified atom stereocenters. The van der Waals surface area contributed by atoms with Crippen molar-refractivity contribution in [2.45, 2.75) is 12.2 Å². The Morgan fingerprint density at radius 1 is 1.15 bits per heavy atom. The van der Waals surface area contributed by atoms with Gasteiger partial charge in [0.15, 0.2) is 6.10 Å². The summed E-state index contributed by atoms with van der Waals surface area (Å²) in [6, 6.07) is 0. The minimum atomic E-state index is -2.38. The molecule has 0 fully saturated rings. The van der Waals surface area contributed by atoms with Gasteiger partial charge in [-0.1, -0.05) is 0 Å². The summed E-state index contributed by atoms with van der Waals surface area (Å²) in [6.45, 7) is 0. The third-order valence-corrected chi connectivity index (χ3v) is 0.794. The summed E-state index contributed by atoms with van der Waals surface area (Å²) in [7, 11) is 0. The third kappa shape index (κ3) is 9.75. The predicted octanol–water partition coefficient (Wildman–Crippen LogP) is -9.63. The Labute approximate surface area is 138 Å². The number of aliphatic hydroxyl groups is 2. The van der Waals surface area contributed by atoms with Gasteiger partial charge in [-0.25, -0.2) is 4.79 Å². The van der Waals surface area contributed by atoms with E-state index in [1.807, 2.05) is 0 Å². The Bertz CT molecular complexity index is 145. The molecule has 0 rings (SSSR count). The quantitative estimate of drug-likeness (QED) is 0.406. The summed E-state index contributed by atoms with van der Waals surface area (Å²) in [4.78, 5) is 19.4. The van der Waals surface area contributed by atoms with Gasteiger partial charge in [0.25, 0.3) is 0 Å². The van der Waals surface area contributed by atoms with Crippen LogP contribution in [0.1, 0.15) is 0 Å². The molecule has 0 spiro atoms. The van der Waals surface area contributed by atoms with E-state index in [0.717, 1.165) is 0 Å². The molecule has 0 aromatic heterocycles. The molecule has 0 saturated carbocycles. The molecule has 0 aliphatic heterocycles. The molecular formula is C4H6KNaO7. The maximum atomic E-state index is 9.74. The van der Waals surface area contributed by atoms with Crippen LogP contribution < -0.4 is 86.0 Å². The number of carbonyl (C=O) groups is 2. The Morgan fingerprint density at radius 3 is 1.54 bits per heavy atom. The molecule has 13 heavy (non-hydrogen) atoms. The third-order valence-electron chi connectivity index (χ3n) is 0.794. The molecular weight excluding hydrogens is 222 g/mol. The van der Waals surface area contributed by atoms with E-state index >= 15 is 0 Å². The zero-order chi connectivity index (χ0) is 8.31. The fourth-order valence-corrected chi connectivity index (χ4v) is 0.264. The van der Waals surface area contributed by atoms with Crippen LogP contribution in [0.4, 0.5) is 0 Å². The summed E-state index contributed by atoms with van der Waals surface area (Å²) >= 11 is 0. The van der Waals surface area contributed by atoms with Crippen molar-refractivity contribution in [2.24, 2.45) is 0 Å². The van der Waals surface area contributed by atoms with Gasteiger partial charge in [-0.15, -0.1) is 0 Å². The van der Waals surface area contributed by atoms with Gasteiger partial charge in [-0.3, -0.25) is 0 Å². The van der Waals surface area contributed by atoms with Crippen LogP contribution in [0.3, 0.4) is 0 Å². The number of rotatable bonds is 3. The standard InChI is InChI=1S/C4H6O6.K.Na.H2O/c5-1(3(7)8)2(6)4(9)10;;;/h1-2,5-6H,(H,7,8)(H,9,10);;;1H2/q;2*+1;/p-2. The molecule has 0 bridgehead atoms. The van der Waals surface area contributed by atoms with Crippen molar-refractivity contribution in [3.05, 3.63) is 0 Å². The number of carbonyl (C=O) groups excluding carboxylic acids is 1. The number of carboxylic acid groups (broad SMARTS) is 2. The van der Waals surface area contributed by atoms with Crippen molar-refractivity contribution in [3.8, 4) is 0 Å². The average molecular weight is 228 g/mol. The van der Waals surface area contributed by atoms with Gasteiger partial charge < -0.3 is 30.7 Å². The summed E-state index contributed by atoms with van der Waals surface area (Å²) in [6.07, 6.45) is -4.71. The van der Waals surface area contributed by atoms with Crippen molar-refractivity contribution in [3.63, 3.8) is 0 Å². The number of hydrogen-bond acceptors (Lipinski definition) is 6. The minimum absolute atomic E-state index is 0. The molecule has 0 aromatic carbocycles. The van der Waals surface area contributed by atoms with E-state index < -0.39 is 24.1 Å². The zero-order valence-electron chi connectivity index (χ0n) is 7.17. The van der Waals surface area contributed by atoms with Gasteiger partial charge in [0.05, 0.1) is 5.97 Å². The minimum Gasteiger partial charge on any atom is -0.870 e. The van der Waals surface area contributed by atoms with Gasteiger partial charge in [0.1, 0.15) is 6.10 Å². The summed E-state index contributed by atoms with van der Waals surface area (Å²) < 4.78 is 0. The molecule has 0 amide bonds. The summed E-state index contributed by atoms with van der Waals surface area (Å²) in [5.41, 5.74) is 0. The van der Waals surface area contributed by atoms with Crippen LogP contribution in [0.15, 0.2) is 0 Å². The second-order valence-electron chi connectivity index (χ2n) is 1.55. The summed E-state index contributed by atoms with van der Waals surface area (Å²) in [5.74, 6) is -3.83. The first-order chi connectivity index (χ1) is 4.46. The summed E-state index contributed by atoms with van der Waals surface area (Å²) in [5, 5.41) is 34.1. The fourth-order valence-electron chi connectivity index (χ4n) is 0.264. The van der Waals surface area contributed by atoms with Gasteiger partial charge >= 0.3 is 86.9 Å². The number of carboxylic acids is 2. The normalized spacial score (nSPS) is 12.2. The molecule has 7 nitrogen and oxygen atoms in total. The van der Waals surface area contributed by atoms with Crippen molar-refractivity contribution >= 4 is 11.9 Å². The largest absolute Gasteiger partial charge is 1.00 e. The smallest absolute Gasteiger partial charge is 0.870 e. The number of aliphatic carboxylic acids is 2. The first kappa shape index (κ1) is 23.9. The number of aliphatic hydroxyl groups excluding tert-OH is 2. The van der Waals surface area contributed by atoms with Crippen LogP contribution in [0, 0.1) is 0 Å². The molecule has 0 aliphatic carbocycles. The van der Waals surface area contributed by atoms with E-state index in [0.29, 0.717) is 0 Å². The first-order valence-corrected chi connectivity index (χ1v) is 2.26. The van der Waals surface area contributed by atoms with Crippen molar-refractivity contribution < 1.29 is 116 Å². The molecule has 9 heteroatoms. The maximum Gasteiger partial charge on any atom is 1.00 e. The Balaban J connectivity index is -0.000000135. The monoisotopic (exact) mass is 228 g/mol. The molecule has 2 atom stereocenters. The molecule has 66 valence electrons. The van der Waals surface area contributed by atoms with Crippen LogP contribution in [0.25, 0.3) is 0 Å². The first-order valence-electron chi connectivity index (χ1n) is 2.26. The van der Waals surface area contributed by atoms with Crippen LogP contribution >= 0.6 is 0 Å². The number of hydrogen-bond donors (Lipinski definition) is 3. The van der Waals surface area contributed by atoms with E-state index in [-0.39, 0.29) is 86.4 Å². The Hall–Kier alpha value is 1.46. The average Bonchev–Trinajstić information content (AvgIpc) is 1.84. The second-order valence-corrected chi connectivity index (χ2v) is 1.55. The van der Waals surface area contributed by atoms with Crippen molar-refractivity contribution in [1.29, 1.82) is 0 Å². The van der Waals surface area contributed by atoms with E-state index in [4.69, 9.17) is 15.3 Å². The van der Waals surface area contributed by atoms with Crippen LogP contribution in [-0.2, 0) is 9.59 Å². The zero-order valence-corrected chi connectivity index (χ0v) is 12.3. The van der Waals surface area contributed by atoms with Crippen LogP contribution in [0.5, 0.6) is 0 Å². The molecule has 0 heterocycles. The van der Waals surface area contributed by atoms with Gasteiger partial charge in [-0.2, -0.15) is 0 Å². The van der Waals surface area contributed by atoms with Crippen molar-refractivity contribution in [2.75, 3.05) is 0 Å². The van der Waals surface area contributed by atoms with Gasteiger partial charge in [0, 0.05) is 0 Å².